The van der Waals surface area contributed by atoms with E-state index in [1.54, 1.807) is 71.9 Å². The number of anilines is 2. The van der Waals surface area contributed by atoms with Crippen molar-refractivity contribution in [1.82, 2.24) is 4.98 Å². The van der Waals surface area contributed by atoms with Crippen LogP contribution >= 0.6 is 11.6 Å². The van der Waals surface area contributed by atoms with Gasteiger partial charge in [0, 0.05) is 35.2 Å². The molecule has 0 spiro atoms. The Bertz CT molecular complexity index is 1070. The predicted molar refractivity (Wildman–Crippen MR) is 118 cm³/mol. The van der Waals surface area contributed by atoms with Gasteiger partial charge in [-0.2, -0.15) is 0 Å². The quantitative estimate of drug-likeness (QED) is 0.561. The molecule has 7 nitrogen and oxygen atoms in total. The fourth-order valence-corrected chi connectivity index (χ4v) is 3.30. The molecule has 0 saturated heterocycles. The summed E-state index contributed by atoms with van der Waals surface area (Å²) in [6, 6.07) is 15.6. The van der Waals surface area contributed by atoms with Gasteiger partial charge in [0.25, 0.3) is 11.8 Å². The summed E-state index contributed by atoms with van der Waals surface area (Å²) in [4.78, 5) is 30.5. The van der Waals surface area contributed by atoms with Crippen molar-refractivity contribution < 1.29 is 19.1 Å². The van der Waals surface area contributed by atoms with Gasteiger partial charge in [-0.25, -0.2) is 0 Å². The maximum absolute atomic E-state index is 12.5. The second kappa shape index (κ2) is 9.49. The zero-order chi connectivity index (χ0) is 21.6. The average Bonchev–Trinajstić information content (AvgIpc) is 2.79. The van der Waals surface area contributed by atoms with E-state index in [9.17, 15) is 9.59 Å². The van der Waals surface area contributed by atoms with Gasteiger partial charge < -0.3 is 19.7 Å². The Kier molecular flexibility index (Phi) is 6.33. The fourth-order valence-electron chi connectivity index (χ4n) is 3.18. The largest absolute Gasteiger partial charge is 0.494 e. The molecule has 0 radical (unpaired) electrons. The van der Waals surface area contributed by atoms with Crippen LogP contribution in [0.1, 0.15) is 16.8 Å². The molecular weight excluding hydrogens is 418 g/mol. The third kappa shape index (κ3) is 5.13. The molecule has 1 aromatic heterocycles. The van der Waals surface area contributed by atoms with E-state index >= 15 is 0 Å². The maximum atomic E-state index is 12.5. The van der Waals surface area contributed by atoms with Crippen molar-refractivity contribution in [3.05, 3.63) is 77.6 Å². The molecule has 0 atom stereocenters. The first-order chi connectivity index (χ1) is 15.1. The SMILES string of the molecule is O=C(Nc1ccc2c(c1)N(CCCOc1ccc(Cl)cc1)C(=O)CO2)c1ccncc1. The summed E-state index contributed by atoms with van der Waals surface area (Å²) >= 11 is 5.88. The molecule has 0 aliphatic carbocycles. The normalized spacial score (nSPS) is 12.7. The van der Waals surface area contributed by atoms with Crippen molar-refractivity contribution >= 4 is 34.8 Å². The number of carbonyl (C=O) groups is 2. The average molecular weight is 438 g/mol. The lowest BCUT2D eigenvalue weighted by Gasteiger charge is -2.30. The molecule has 3 aromatic rings. The van der Waals surface area contributed by atoms with Gasteiger partial charge in [0.05, 0.1) is 12.3 Å². The van der Waals surface area contributed by atoms with Crippen LogP contribution in [0.3, 0.4) is 0 Å². The summed E-state index contributed by atoms with van der Waals surface area (Å²) < 4.78 is 11.3. The smallest absolute Gasteiger partial charge is 0.265 e. The van der Waals surface area contributed by atoms with Gasteiger partial charge in [0.1, 0.15) is 11.5 Å². The second-order valence-corrected chi connectivity index (χ2v) is 7.30. The molecule has 31 heavy (non-hydrogen) atoms. The van der Waals surface area contributed by atoms with Crippen LogP contribution in [-0.4, -0.2) is 36.6 Å². The predicted octanol–water partition coefficient (Wildman–Crippen LogP) is 4.18. The summed E-state index contributed by atoms with van der Waals surface area (Å²) in [5, 5.41) is 3.49. The number of fused-ring (bicyclic) bond motifs is 1. The molecule has 8 heteroatoms. The highest BCUT2D eigenvalue weighted by Gasteiger charge is 2.25. The van der Waals surface area contributed by atoms with E-state index in [-0.39, 0.29) is 18.4 Å². The molecule has 2 amide bonds. The Morgan fingerprint density at radius 3 is 2.68 bits per heavy atom. The molecule has 1 aliphatic rings. The third-order valence-corrected chi connectivity index (χ3v) is 4.96. The zero-order valence-electron chi connectivity index (χ0n) is 16.6. The first-order valence-corrected chi connectivity index (χ1v) is 10.1. The van der Waals surface area contributed by atoms with Crippen LogP contribution in [0, 0.1) is 0 Å². The number of ether oxygens (including phenoxy) is 2. The van der Waals surface area contributed by atoms with Crippen LogP contribution in [0.4, 0.5) is 11.4 Å². The van der Waals surface area contributed by atoms with Crippen LogP contribution in [0.5, 0.6) is 11.5 Å². The van der Waals surface area contributed by atoms with E-state index in [2.05, 4.69) is 10.3 Å². The number of amides is 2. The molecule has 4 rings (SSSR count). The number of hydrogen-bond donors (Lipinski definition) is 1. The highest BCUT2D eigenvalue weighted by Crippen LogP contribution is 2.34. The summed E-state index contributed by atoms with van der Waals surface area (Å²) in [5.74, 6) is 0.921. The Morgan fingerprint density at radius 1 is 1.13 bits per heavy atom. The van der Waals surface area contributed by atoms with E-state index in [0.717, 1.165) is 5.75 Å². The molecule has 2 aromatic carbocycles. The van der Waals surface area contributed by atoms with Crippen LogP contribution in [0.25, 0.3) is 0 Å². The van der Waals surface area contributed by atoms with Gasteiger partial charge in [-0.05, 0) is 61.0 Å². The Morgan fingerprint density at radius 2 is 1.90 bits per heavy atom. The van der Waals surface area contributed by atoms with E-state index in [1.807, 2.05) is 0 Å². The van der Waals surface area contributed by atoms with Crippen molar-refractivity contribution in [2.45, 2.75) is 6.42 Å². The summed E-state index contributed by atoms with van der Waals surface area (Å²) in [6.45, 7) is 0.887. The van der Waals surface area contributed by atoms with Crippen molar-refractivity contribution in [2.24, 2.45) is 0 Å². The Labute approximate surface area is 184 Å². The number of carbonyl (C=O) groups excluding carboxylic acids is 2. The molecule has 158 valence electrons. The Hall–Kier alpha value is -3.58. The number of hydrogen-bond acceptors (Lipinski definition) is 5. The summed E-state index contributed by atoms with van der Waals surface area (Å²) in [5.41, 5.74) is 1.69. The van der Waals surface area contributed by atoms with Gasteiger partial charge in [-0.1, -0.05) is 11.6 Å². The molecule has 1 N–H and O–H groups in total. The topological polar surface area (TPSA) is 80.8 Å². The minimum absolute atomic E-state index is 0.0201. The zero-order valence-corrected chi connectivity index (χ0v) is 17.3. The highest BCUT2D eigenvalue weighted by atomic mass is 35.5. The van der Waals surface area contributed by atoms with Gasteiger partial charge >= 0.3 is 0 Å². The number of pyridine rings is 1. The second-order valence-electron chi connectivity index (χ2n) is 6.86. The van der Waals surface area contributed by atoms with Crippen LogP contribution in [-0.2, 0) is 4.79 Å². The number of nitrogens with zero attached hydrogens (tertiary/aromatic N) is 2. The summed E-state index contributed by atoms with van der Waals surface area (Å²) in [7, 11) is 0. The van der Waals surface area contributed by atoms with Crippen LogP contribution in [0.2, 0.25) is 5.02 Å². The highest BCUT2D eigenvalue weighted by molar-refractivity contribution is 6.30. The van der Waals surface area contributed by atoms with Crippen LogP contribution in [0.15, 0.2) is 67.0 Å². The molecule has 0 unspecified atom stereocenters. The van der Waals surface area contributed by atoms with Crippen molar-refractivity contribution in [3.63, 3.8) is 0 Å². The monoisotopic (exact) mass is 437 g/mol. The van der Waals surface area contributed by atoms with Crippen molar-refractivity contribution in [2.75, 3.05) is 30.0 Å². The van der Waals surface area contributed by atoms with Gasteiger partial charge in [-0.3, -0.25) is 14.6 Å². The Balaban J connectivity index is 1.41. The molecular formula is C23H20ClN3O4. The molecule has 0 fully saturated rings. The summed E-state index contributed by atoms with van der Waals surface area (Å²) in [6.07, 6.45) is 3.74. The molecule has 1 aliphatic heterocycles. The van der Waals surface area contributed by atoms with Gasteiger partial charge in [0.15, 0.2) is 6.61 Å². The first-order valence-electron chi connectivity index (χ1n) is 9.77. The lowest BCUT2D eigenvalue weighted by atomic mass is 10.2. The minimum atomic E-state index is -0.256. The van der Waals surface area contributed by atoms with E-state index in [4.69, 9.17) is 21.1 Å². The van der Waals surface area contributed by atoms with E-state index in [1.165, 1.54) is 0 Å². The molecule has 2 heterocycles. The third-order valence-electron chi connectivity index (χ3n) is 4.71. The first kappa shape index (κ1) is 20.7. The molecule has 0 bridgehead atoms. The van der Waals surface area contributed by atoms with Crippen molar-refractivity contribution in [1.29, 1.82) is 0 Å². The van der Waals surface area contributed by atoms with E-state index < -0.39 is 0 Å². The number of benzene rings is 2. The number of nitrogens with one attached hydrogen (secondary N) is 1. The van der Waals surface area contributed by atoms with Gasteiger partial charge in [-0.15, -0.1) is 0 Å². The lowest BCUT2D eigenvalue weighted by molar-refractivity contribution is -0.121. The van der Waals surface area contributed by atoms with Crippen molar-refractivity contribution in [3.8, 4) is 11.5 Å². The maximum Gasteiger partial charge on any atom is 0.265 e. The lowest BCUT2D eigenvalue weighted by Crippen LogP contribution is -2.39. The number of halogens is 1. The number of rotatable bonds is 7. The van der Waals surface area contributed by atoms with E-state index in [0.29, 0.717) is 47.3 Å². The molecule has 0 saturated carbocycles. The number of aromatic nitrogens is 1. The van der Waals surface area contributed by atoms with Crippen LogP contribution < -0.4 is 19.7 Å². The fraction of sp³-hybridized carbons (Fsp3) is 0.174. The minimum Gasteiger partial charge on any atom is -0.494 e. The standard InChI is InChI=1S/C23H20ClN3O4/c24-17-2-5-19(6-3-17)30-13-1-12-27-20-14-18(4-7-21(20)31-15-22(27)28)26-23(29)16-8-10-25-11-9-16/h2-11,14H,1,12-13,15H2,(H,26,29). The van der Waals surface area contributed by atoms with Gasteiger partial charge in [0.2, 0.25) is 0 Å².